The molecule has 0 aliphatic carbocycles. The standard InChI is InChI=1S/C19H23FN4O2/c1-2-26-17-5-3-15(4-6-17)22-19(25)14-23-9-11-24(12-10-23)16-7-8-21-18(20)13-16/h3-8,13H,2,9-12,14H2,1H3,(H,22,25). The summed E-state index contributed by atoms with van der Waals surface area (Å²) in [5.41, 5.74) is 1.58. The van der Waals surface area contributed by atoms with Crippen LogP contribution in [0.25, 0.3) is 0 Å². The third-order valence-corrected chi connectivity index (χ3v) is 4.26. The molecule has 1 aromatic heterocycles. The van der Waals surface area contributed by atoms with Crippen LogP contribution in [0.1, 0.15) is 6.92 Å². The number of piperazine rings is 1. The highest BCUT2D eigenvalue weighted by molar-refractivity contribution is 5.92. The fourth-order valence-corrected chi connectivity index (χ4v) is 2.96. The van der Waals surface area contributed by atoms with Gasteiger partial charge in [-0.1, -0.05) is 0 Å². The number of hydrogen-bond acceptors (Lipinski definition) is 5. The Hall–Kier alpha value is -2.67. The molecule has 2 heterocycles. The summed E-state index contributed by atoms with van der Waals surface area (Å²) in [5.74, 6) is 0.270. The molecule has 7 heteroatoms. The number of benzene rings is 1. The van der Waals surface area contributed by atoms with Gasteiger partial charge in [-0.25, -0.2) is 4.98 Å². The van der Waals surface area contributed by atoms with Crippen molar-refractivity contribution in [3.8, 4) is 5.75 Å². The second kappa shape index (κ2) is 8.62. The highest BCUT2D eigenvalue weighted by atomic mass is 19.1. The van der Waals surface area contributed by atoms with E-state index in [-0.39, 0.29) is 5.91 Å². The number of pyridine rings is 1. The van der Waals surface area contributed by atoms with E-state index in [2.05, 4.69) is 20.1 Å². The number of carbonyl (C=O) groups is 1. The molecule has 0 atom stereocenters. The number of amides is 1. The van der Waals surface area contributed by atoms with Crippen LogP contribution in [-0.4, -0.2) is 55.1 Å². The van der Waals surface area contributed by atoms with Crippen LogP contribution in [0.3, 0.4) is 0 Å². The number of anilines is 2. The number of carbonyl (C=O) groups excluding carboxylic acids is 1. The van der Waals surface area contributed by atoms with E-state index in [0.29, 0.717) is 13.2 Å². The number of rotatable bonds is 6. The topological polar surface area (TPSA) is 57.7 Å². The average molecular weight is 358 g/mol. The van der Waals surface area contributed by atoms with Crippen molar-refractivity contribution in [2.45, 2.75) is 6.92 Å². The van der Waals surface area contributed by atoms with Gasteiger partial charge < -0.3 is 15.0 Å². The number of nitrogens with zero attached hydrogens (tertiary/aromatic N) is 3. The Kier molecular flexibility index (Phi) is 6.01. The first-order valence-corrected chi connectivity index (χ1v) is 8.75. The molecule has 0 saturated carbocycles. The molecule has 0 unspecified atom stereocenters. The van der Waals surface area contributed by atoms with Gasteiger partial charge in [0.15, 0.2) is 0 Å². The predicted octanol–water partition coefficient (Wildman–Crippen LogP) is 2.38. The summed E-state index contributed by atoms with van der Waals surface area (Å²) in [5, 5.41) is 2.90. The zero-order valence-electron chi connectivity index (χ0n) is 14.8. The highest BCUT2D eigenvalue weighted by Gasteiger charge is 2.19. The maximum atomic E-state index is 13.2. The van der Waals surface area contributed by atoms with Crippen LogP contribution >= 0.6 is 0 Å². The van der Waals surface area contributed by atoms with Crippen molar-refractivity contribution in [1.82, 2.24) is 9.88 Å². The minimum absolute atomic E-state index is 0.0439. The third-order valence-electron chi connectivity index (χ3n) is 4.26. The van der Waals surface area contributed by atoms with Gasteiger partial charge in [-0.2, -0.15) is 4.39 Å². The highest BCUT2D eigenvalue weighted by Crippen LogP contribution is 2.17. The number of nitrogens with one attached hydrogen (secondary N) is 1. The lowest BCUT2D eigenvalue weighted by atomic mass is 10.2. The second-order valence-electron chi connectivity index (χ2n) is 6.11. The minimum atomic E-state index is -0.473. The van der Waals surface area contributed by atoms with Gasteiger partial charge in [0.1, 0.15) is 5.75 Å². The van der Waals surface area contributed by atoms with Crippen molar-refractivity contribution in [2.75, 3.05) is 49.5 Å². The summed E-state index contributed by atoms with van der Waals surface area (Å²) in [6.07, 6.45) is 1.47. The largest absolute Gasteiger partial charge is 0.494 e. The molecule has 0 radical (unpaired) electrons. The molecule has 6 nitrogen and oxygen atoms in total. The third kappa shape index (κ3) is 4.92. The number of ether oxygens (including phenoxy) is 1. The molecule has 1 amide bonds. The van der Waals surface area contributed by atoms with Gasteiger partial charge in [0.05, 0.1) is 13.2 Å². The molecule has 0 bridgehead atoms. The van der Waals surface area contributed by atoms with E-state index in [1.807, 2.05) is 31.2 Å². The average Bonchev–Trinajstić information content (AvgIpc) is 2.64. The fraction of sp³-hybridized carbons (Fsp3) is 0.368. The zero-order valence-corrected chi connectivity index (χ0v) is 14.8. The van der Waals surface area contributed by atoms with Crippen LogP contribution in [0.5, 0.6) is 5.75 Å². The smallest absolute Gasteiger partial charge is 0.238 e. The predicted molar refractivity (Wildman–Crippen MR) is 99.1 cm³/mol. The molecule has 138 valence electrons. The van der Waals surface area contributed by atoms with Crippen molar-refractivity contribution in [3.05, 3.63) is 48.5 Å². The molecule has 1 saturated heterocycles. The Bertz CT molecular complexity index is 731. The maximum Gasteiger partial charge on any atom is 0.238 e. The van der Waals surface area contributed by atoms with E-state index < -0.39 is 5.95 Å². The first-order valence-electron chi connectivity index (χ1n) is 8.75. The van der Waals surface area contributed by atoms with Gasteiger partial charge in [-0.3, -0.25) is 9.69 Å². The van der Waals surface area contributed by atoms with E-state index in [9.17, 15) is 9.18 Å². The van der Waals surface area contributed by atoms with Gasteiger partial charge in [-0.15, -0.1) is 0 Å². The second-order valence-corrected chi connectivity index (χ2v) is 6.11. The molecule has 1 fully saturated rings. The minimum Gasteiger partial charge on any atom is -0.494 e. The monoisotopic (exact) mass is 358 g/mol. The number of hydrogen-bond donors (Lipinski definition) is 1. The van der Waals surface area contributed by atoms with E-state index in [1.54, 1.807) is 6.07 Å². The Morgan fingerprint density at radius 1 is 1.19 bits per heavy atom. The lowest BCUT2D eigenvalue weighted by Crippen LogP contribution is -2.48. The molecular weight excluding hydrogens is 335 g/mol. The Labute approximate surface area is 152 Å². The molecular formula is C19H23FN4O2. The van der Waals surface area contributed by atoms with E-state index >= 15 is 0 Å². The normalized spacial score (nSPS) is 14.9. The van der Waals surface area contributed by atoms with Crippen LogP contribution in [0.15, 0.2) is 42.6 Å². The van der Waals surface area contributed by atoms with Gasteiger partial charge in [0.2, 0.25) is 11.9 Å². The van der Waals surface area contributed by atoms with Crippen LogP contribution < -0.4 is 15.0 Å². The van der Waals surface area contributed by atoms with E-state index in [0.717, 1.165) is 43.3 Å². The van der Waals surface area contributed by atoms with Crippen molar-refractivity contribution >= 4 is 17.3 Å². The summed E-state index contributed by atoms with van der Waals surface area (Å²) >= 11 is 0. The van der Waals surface area contributed by atoms with Crippen molar-refractivity contribution in [2.24, 2.45) is 0 Å². The molecule has 1 aliphatic heterocycles. The van der Waals surface area contributed by atoms with Crippen molar-refractivity contribution < 1.29 is 13.9 Å². The van der Waals surface area contributed by atoms with Crippen LogP contribution in [0, 0.1) is 5.95 Å². The van der Waals surface area contributed by atoms with Crippen molar-refractivity contribution in [3.63, 3.8) is 0 Å². The summed E-state index contributed by atoms with van der Waals surface area (Å²) in [6.45, 7) is 5.89. The summed E-state index contributed by atoms with van der Waals surface area (Å²) < 4.78 is 18.6. The maximum absolute atomic E-state index is 13.2. The molecule has 2 aromatic rings. The van der Waals surface area contributed by atoms with Gasteiger partial charge >= 0.3 is 0 Å². The Balaban J connectivity index is 1.46. The van der Waals surface area contributed by atoms with Crippen LogP contribution in [-0.2, 0) is 4.79 Å². The summed E-state index contributed by atoms with van der Waals surface area (Å²) in [4.78, 5) is 20.0. The first-order chi connectivity index (χ1) is 12.6. The molecule has 1 aromatic carbocycles. The first kappa shape index (κ1) is 18.1. The van der Waals surface area contributed by atoms with Crippen LogP contribution in [0.4, 0.5) is 15.8 Å². The SMILES string of the molecule is CCOc1ccc(NC(=O)CN2CCN(c3ccnc(F)c3)CC2)cc1. The van der Waals surface area contributed by atoms with Gasteiger partial charge in [-0.05, 0) is 37.3 Å². The zero-order chi connectivity index (χ0) is 18.4. The molecule has 1 aliphatic rings. The molecule has 26 heavy (non-hydrogen) atoms. The van der Waals surface area contributed by atoms with Crippen molar-refractivity contribution in [1.29, 1.82) is 0 Å². The molecule has 1 N–H and O–H groups in total. The summed E-state index contributed by atoms with van der Waals surface area (Å²) in [7, 11) is 0. The van der Waals surface area contributed by atoms with Gasteiger partial charge in [0.25, 0.3) is 0 Å². The molecule has 3 rings (SSSR count). The Morgan fingerprint density at radius 3 is 2.58 bits per heavy atom. The van der Waals surface area contributed by atoms with E-state index in [4.69, 9.17) is 4.74 Å². The number of halogens is 1. The molecule has 0 spiro atoms. The van der Waals surface area contributed by atoms with Gasteiger partial charge in [0, 0.05) is 49.8 Å². The lowest BCUT2D eigenvalue weighted by molar-refractivity contribution is -0.117. The van der Waals surface area contributed by atoms with Crippen LogP contribution in [0.2, 0.25) is 0 Å². The Morgan fingerprint density at radius 2 is 1.92 bits per heavy atom. The quantitative estimate of drug-likeness (QED) is 0.804. The number of aromatic nitrogens is 1. The van der Waals surface area contributed by atoms with E-state index in [1.165, 1.54) is 12.3 Å². The summed E-state index contributed by atoms with van der Waals surface area (Å²) in [6, 6.07) is 10.6. The lowest BCUT2D eigenvalue weighted by Gasteiger charge is -2.35. The fourth-order valence-electron chi connectivity index (χ4n) is 2.96.